The molecule has 0 spiro atoms. The predicted octanol–water partition coefficient (Wildman–Crippen LogP) is 4.43. The fraction of sp³-hybridized carbons (Fsp3) is 0.276. The Bertz CT molecular complexity index is 1570. The van der Waals surface area contributed by atoms with Gasteiger partial charge in [-0.15, -0.1) is 0 Å². The van der Waals surface area contributed by atoms with Crippen molar-refractivity contribution in [2.24, 2.45) is 0 Å². The van der Waals surface area contributed by atoms with Gasteiger partial charge in [0.05, 0.1) is 17.3 Å². The molecule has 1 amide bonds. The minimum Gasteiger partial charge on any atom is -0.494 e. The summed E-state index contributed by atoms with van der Waals surface area (Å²) >= 11 is 0. The summed E-state index contributed by atoms with van der Waals surface area (Å²) in [5.74, 6) is 1.86. The molecule has 2 aliphatic heterocycles. The van der Waals surface area contributed by atoms with Gasteiger partial charge in [0.1, 0.15) is 33.7 Å². The van der Waals surface area contributed by atoms with Gasteiger partial charge in [0, 0.05) is 23.5 Å². The summed E-state index contributed by atoms with van der Waals surface area (Å²) in [7, 11) is -4.55. The van der Waals surface area contributed by atoms with Crippen molar-refractivity contribution in [1.29, 1.82) is 0 Å². The first-order valence-electron chi connectivity index (χ1n) is 12.5. The molecule has 0 fully saturated rings. The van der Waals surface area contributed by atoms with Gasteiger partial charge in [0.2, 0.25) is 0 Å². The number of nitrogens with one attached hydrogen (secondary N) is 1. The average Bonchev–Trinajstić information content (AvgIpc) is 3.44. The number of sulfone groups is 1. The summed E-state index contributed by atoms with van der Waals surface area (Å²) < 4.78 is 55.3. The zero-order chi connectivity index (χ0) is 27.7. The third-order valence-electron chi connectivity index (χ3n) is 6.55. The van der Waals surface area contributed by atoms with Crippen LogP contribution in [0.3, 0.4) is 0 Å². The van der Waals surface area contributed by atoms with E-state index in [1.165, 1.54) is 12.3 Å². The maximum absolute atomic E-state index is 12.0. The molecule has 1 unspecified atom stereocenters. The van der Waals surface area contributed by atoms with Gasteiger partial charge in [0.25, 0.3) is 5.91 Å². The molecule has 5 rings (SSSR count). The molecule has 0 saturated heterocycles. The van der Waals surface area contributed by atoms with E-state index < -0.39 is 20.8 Å². The van der Waals surface area contributed by atoms with E-state index in [1.54, 1.807) is 24.3 Å². The first-order chi connectivity index (χ1) is 18.6. The second-order valence-electron chi connectivity index (χ2n) is 9.67. The molecule has 0 aromatic heterocycles. The van der Waals surface area contributed by atoms with Crippen molar-refractivity contribution in [3.63, 3.8) is 0 Å². The lowest BCUT2D eigenvalue weighted by Crippen LogP contribution is -2.16. The van der Waals surface area contributed by atoms with Crippen LogP contribution in [0.1, 0.15) is 34.8 Å². The lowest BCUT2D eigenvalue weighted by atomic mass is 9.93. The van der Waals surface area contributed by atoms with Gasteiger partial charge < -0.3 is 14.2 Å². The molecule has 1 N–H and O–H groups in total. The van der Waals surface area contributed by atoms with Crippen LogP contribution in [-0.4, -0.2) is 43.8 Å². The van der Waals surface area contributed by atoms with Crippen LogP contribution in [0.2, 0.25) is 0 Å². The number of aryl methyl sites for hydroxylation is 2. The van der Waals surface area contributed by atoms with E-state index in [4.69, 9.17) is 14.2 Å². The third kappa shape index (κ3) is 6.02. The summed E-state index contributed by atoms with van der Waals surface area (Å²) in [4.78, 5) is 11.9. The highest BCUT2D eigenvalue weighted by Gasteiger charge is 2.29. The highest BCUT2D eigenvalue weighted by molar-refractivity contribution is 7.94. The van der Waals surface area contributed by atoms with E-state index in [2.05, 4.69) is 4.72 Å². The van der Waals surface area contributed by atoms with Crippen LogP contribution in [0.15, 0.2) is 60.7 Å². The summed E-state index contributed by atoms with van der Waals surface area (Å²) in [6, 6.07) is 17.1. The van der Waals surface area contributed by atoms with Gasteiger partial charge in [0.15, 0.2) is 17.1 Å². The highest BCUT2D eigenvalue weighted by atomic mass is 32.2. The van der Waals surface area contributed by atoms with Gasteiger partial charge in [-0.1, -0.05) is 30.3 Å². The number of carbonyl (C=O) groups excluding carboxylic acids is 1. The smallest absolute Gasteiger partial charge is 0.257 e. The van der Waals surface area contributed by atoms with E-state index in [9.17, 15) is 17.4 Å². The Morgan fingerprint density at radius 2 is 1.77 bits per heavy atom. The number of carbonyl (C=O) groups is 1. The van der Waals surface area contributed by atoms with Crippen molar-refractivity contribution < 1.29 is 31.6 Å². The zero-order valence-electron chi connectivity index (χ0n) is 21.9. The number of rotatable bonds is 9. The summed E-state index contributed by atoms with van der Waals surface area (Å²) in [5.41, 5.74) is 5.72. The predicted molar refractivity (Wildman–Crippen MR) is 151 cm³/mol. The lowest BCUT2D eigenvalue weighted by Gasteiger charge is -2.16. The van der Waals surface area contributed by atoms with Crippen molar-refractivity contribution in [1.82, 2.24) is 4.72 Å². The van der Waals surface area contributed by atoms with E-state index >= 15 is 0 Å². The van der Waals surface area contributed by atoms with E-state index in [0.717, 1.165) is 33.6 Å². The molecular weight excluding hydrogens is 538 g/mol. The number of fused-ring (bicyclic) bond motifs is 1. The average molecular weight is 568 g/mol. The van der Waals surface area contributed by atoms with E-state index in [0.29, 0.717) is 41.6 Å². The standard InChI is InChI=1S/C29H29NO7S2/c1-18-14-22(35-12-5-13-39(3,33)34)15-19(2)28(18)24-7-4-6-23-25(17-36-29(23)24)37-21-10-8-20(9-11-21)26-16-27(31)30-38(26)32/h4,6-11,14-16,25H,5,12-13,17H2,1-3H3,(H,30,31)/t25-,38?/m1/s1. The van der Waals surface area contributed by atoms with E-state index in [1.807, 2.05) is 44.2 Å². The Morgan fingerprint density at radius 1 is 1.05 bits per heavy atom. The monoisotopic (exact) mass is 567 g/mol. The number of hydrogen-bond donors (Lipinski definition) is 1. The second-order valence-corrected chi connectivity index (χ2v) is 13.1. The maximum Gasteiger partial charge on any atom is 0.257 e. The minimum absolute atomic E-state index is 0.0986. The molecule has 8 nitrogen and oxygen atoms in total. The Kier molecular flexibility index (Phi) is 7.51. The number of ether oxygens (including phenoxy) is 3. The van der Waals surface area contributed by atoms with Gasteiger partial charge in [-0.3, -0.25) is 9.52 Å². The Labute approximate surface area is 230 Å². The van der Waals surface area contributed by atoms with Crippen LogP contribution in [-0.2, 0) is 25.6 Å². The van der Waals surface area contributed by atoms with Crippen LogP contribution in [0.5, 0.6) is 17.2 Å². The number of hydrogen-bond acceptors (Lipinski definition) is 7. The molecule has 0 saturated carbocycles. The van der Waals surface area contributed by atoms with Crippen molar-refractivity contribution in [2.75, 3.05) is 25.2 Å². The zero-order valence-corrected chi connectivity index (χ0v) is 23.5. The van der Waals surface area contributed by atoms with Crippen molar-refractivity contribution >= 4 is 31.6 Å². The largest absolute Gasteiger partial charge is 0.494 e. The van der Waals surface area contributed by atoms with Crippen LogP contribution in [0.4, 0.5) is 0 Å². The normalized spacial score (nSPS) is 18.2. The van der Waals surface area contributed by atoms with Gasteiger partial charge >= 0.3 is 0 Å². The molecule has 0 radical (unpaired) electrons. The molecule has 2 atom stereocenters. The number of amides is 1. The first kappa shape index (κ1) is 27.0. The molecule has 39 heavy (non-hydrogen) atoms. The van der Waals surface area contributed by atoms with Crippen LogP contribution >= 0.6 is 0 Å². The second kappa shape index (κ2) is 10.9. The van der Waals surface area contributed by atoms with Gasteiger partial charge in [-0.2, -0.15) is 0 Å². The Hall–Kier alpha value is -3.63. The molecule has 204 valence electrons. The van der Waals surface area contributed by atoms with Crippen LogP contribution < -0.4 is 18.9 Å². The molecule has 0 aliphatic carbocycles. The molecule has 0 bridgehead atoms. The molecule has 3 aromatic rings. The fourth-order valence-electron chi connectivity index (χ4n) is 4.86. The maximum atomic E-state index is 12.0. The SMILES string of the molecule is Cc1cc(OCCCS(C)(=O)=O)cc(C)c1-c1cccc2c1OC[C@H]2Oc1ccc(C2=CC(=O)NS2=O)cc1. The van der Waals surface area contributed by atoms with Gasteiger partial charge in [-0.05, 0) is 66.8 Å². The van der Waals surface area contributed by atoms with E-state index in [-0.39, 0.29) is 17.8 Å². The van der Waals surface area contributed by atoms with Crippen LogP contribution in [0.25, 0.3) is 16.0 Å². The summed E-state index contributed by atoms with van der Waals surface area (Å²) in [6.07, 6.45) is 2.71. The molecule has 2 heterocycles. The summed E-state index contributed by atoms with van der Waals surface area (Å²) in [5, 5.41) is 0. The quantitative estimate of drug-likeness (QED) is 0.381. The lowest BCUT2D eigenvalue weighted by molar-refractivity contribution is -0.114. The minimum atomic E-state index is -3.01. The third-order valence-corrected chi connectivity index (χ3v) is 8.72. The molecule has 10 heteroatoms. The fourth-order valence-corrected chi connectivity index (χ4v) is 6.41. The van der Waals surface area contributed by atoms with Crippen LogP contribution in [0, 0.1) is 13.8 Å². The van der Waals surface area contributed by atoms with Crippen molar-refractivity contribution in [3.8, 4) is 28.4 Å². The number of benzene rings is 3. The summed E-state index contributed by atoms with van der Waals surface area (Å²) in [6.45, 7) is 4.73. The van der Waals surface area contributed by atoms with Crippen molar-refractivity contribution in [2.45, 2.75) is 26.4 Å². The molecular formula is C29H29NO7S2. The molecule has 3 aromatic carbocycles. The molecule has 2 aliphatic rings. The van der Waals surface area contributed by atoms with Crippen molar-refractivity contribution in [3.05, 3.63) is 82.9 Å². The Balaban J connectivity index is 1.32. The number of para-hydroxylation sites is 1. The topological polar surface area (TPSA) is 108 Å². The van der Waals surface area contributed by atoms with Gasteiger partial charge in [-0.25, -0.2) is 12.6 Å². The highest BCUT2D eigenvalue weighted by Crippen LogP contribution is 2.45. The Morgan fingerprint density at radius 3 is 2.41 bits per heavy atom. The first-order valence-corrected chi connectivity index (χ1v) is 15.7.